The first-order valence-corrected chi connectivity index (χ1v) is 10.2. The highest BCUT2D eigenvalue weighted by Crippen LogP contribution is 2.37. The predicted molar refractivity (Wildman–Crippen MR) is 108 cm³/mol. The number of H-pyrrole nitrogens is 1. The first-order chi connectivity index (χ1) is 13.9. The third-order valence-electron chi connectivity index (χ3n) is 5.50. The van der Waals surface area contributed by atoms with E-state index < -0.39 is 0 Å². The van der Waals surface area contributed by atoms with Crippen molar-refractivity contribution in [1.82, 2.24) is 20.5 Å². The lowest BCUT2D eigenvalue weighted by atomic mass is 10.0. The number of nitrogens with zero attached hydrogens (tertiary/aromatic N) is 2. The van der Waals surface area contributed by atoms with Crippen LogP contribution >= 0.6 is 11.6 Å². The van der Waals surface area contributed by atoms with Crippen molar-refractivity contribution in [2.45, 2.75) is 63.0 Å². The zero-order valence-electron chi connectivity index (χ0n) is 16.2. The van der Waals surface area contributed by atoms with Gasteiger partial charge in [0.2, 0.25) is 5.91 Å². The average Bonchev–Trinajstić information content (AvgIpc) is 3.06. The minimum Gasteiger partial charge on any atom is -0.446 e. The largest absolute Gasteiger partial charge is 0.446 e. The van der Waals surface area contributed by atoms with E-state index in [1.165, 1.54) is 6.20 Å². The van der Waals surface area contributed by atoms with Crippen molar-refractivity contribution in [1.29, 1.82) is 0 Å². The number of aromatic nitrogens is 3. The van der Waals surface area contributed by atoms with Crippen LogP contribution in [0.15, 0.2) is 24.4 Å². The molecule has 2 saturated carbocycles. The fourth-order valence-electron chi connectivity index (χ4n) is 3.54. The molecular weight excluding hydrogens is 394 g/mol. The Morgan fingerprint density at radius 2 is 2.17 bits per heavy atom. The van der Waals surface area contributed by atoms with Crippen LogP contribution < -0.4 is 10.6 Å². The van der Waals surface area contributed by atoms with E-state index in [0.29, 0.717) is 16.5 Å². The molecule has 2 atom stereocenters. The van der Waals surface area contributed by atoms with Crippen molar-refractivity contribution in [3.8, 4) is 0 Å². The molecule has 29 heavy (non-hydrogen) atoms. The third-order valence-corrected chi connectivity index (χ3v) is 5.72. The third kappa shape index (κ3) is 5.26. The van der Waals surface area contributed by atoms with E-state index in [0.717, 1.165) is 37.8 Å². The van der Waals surface area contributed by atoms with Crippen LogP contribution in [-0.2, 0) is 16.0 Å². The lowest BCUT2D eigenvalue weighted by Gasteiger charge is -2.16. The quantitative estimate of drug-likeness (QED) is 0.665. The van der Waals surface area contributed by atoms with Crippen LogP contribution in [-0.4, -0.2) is 38.8 Å². The molecular formula is C20H24ClN5O3. The summed E-state index contributed by atoms with van der Waals surface area (Å²) in [6, 6.07) is 5.26. The summed E-state index contributed by atoms with van der Waals surface area (Å²) in [4.78, 5) is 28.3. The second-order valence-corrected chi connectivity index (χ2v) is 8.56. The van der Waals surface area contributed by atoms with Crippen molar-refractivity contribution in [3.05, 3.63) is 40.8 Å². The molecule has 3 N–H and O–H groups in total. The smallest absolute Gasteiger partial charge is 0.407 e. The first-order valence-electron chi connectivity index (χ1n) is 9.83. The molecule has 2 aliphatic rings. The summed E-state index contributed by atoms with van der Waals surface area (Å²) in [5.74, 6) is 0.499. The van der Waals surface area contributed by atoms with E-state index in [4.69, 9.17) is 16.3 Å². The molecule has 0 aromatic carbocycles. The van der Waals surface area contributed by atoms with Gasteiger partial charge < -0.3 is 15.4 Å². The summed E-state index contributed by atoms with van der Waals surface area (Å²) in [5, 5.41) is 13.4. The van der Waals surface area contributed by atoms with Gasteiger partial charge in [-0.05, 0) is 51.2 Å². The van der Waals surface area contributed by atoms with Gasteiger partial charge in [0.1, 0.15) is 6.10 Å². The number of carbonyl (C=O) groups is 2. The molecule has 2 heterocycles. The SMILES string of the molecule is CC1(NC(=O)O[C@@H]2CC[C@H](c3cc(NC(=O)Cc4ccc(Cl)cn4)n[nH]3)C2)CC1. The molecule has 0 radical (unpaired) electrons. The minimum atomic E-state index is -0.330. The monoisotopic (exact) mass is 417 g/mol. The summed E-state index contributed by atoms with van der Waals surface area (Å²) in [6.45, 7) is 2.02. The fourth-order valence-corrected chi connectivity index (χ4v) is 3.65. The van der Waals surface area contributed by atoms with Crippen LogP contribution in [0.25, 0.3) is 0 Å². The number of alkyl carbamates (subject to hydrolysis) is 1. The Labute approximate surface area is 173 Å². The molecule has 2 aliphatic carbocycles. The van der Waals surface area contributed by atoms with Gasteiger partial charge in [0.15, 0.2) is 5.82 Å². The molecule has 2 amide bonds. The average molecular weight is 418 g/mol. The van der Waals surface area contributed by atoms with E-state index in [2.05, 4.69) is 25.8 Å². The Kier molecular flexibility index (Phi) is 5.45. The van der Waals surface area contributed by atoms with Gasteiger partial charge in [-0.25, -0.2) is 4.79 Å². The van der Waals surface area contributed by atoms with Crippen molar-refractivity contribution in [2.75, 3.05) is 5.32 Å². The van der Waals surface area contributed by atoms with Gasteiger partial charge in [0, 0.05) is 35.1 Å². The zero-order valence-corrected chi connectivity index (χ0v) is 17.0. The van der Waals surface area contributed by atoms with Crippen LogP contribution in [0.1, 0.15) is 56.3 Å². The van der Waals surface area contributed by atoms with Crippen LogP contribution in [0, 0.1) is 0 Å². The number of hydrogen-bond acceptors (Lipinski definition) is 5. The van der Waals surface area contributed by atoms with E-state index >= 15 is 0 Å². The molecule has 2 aromatic rings. The molecule has 9 heteroatoms. The Bertz CT molecular complexity index is 894. The van der Waals surface area contributed by atoms with Gasteiger partial charge in [-0.15, -0.1) is 0 Å². The molecule has 8 nitrogen and oxygen atoms in total. The van der Waals surface area contributed by atoms with Crippen molar-refractivity contribution >= 4 is 29.4 Å². The number of rotatable bonds is 6. The van der Waals surface area contributed by atoms with E-state index in [-0.39, 0.29) is 36.0 Å². The predicted octanol–water partition coefficient (Wildman–Crippen LogP) is 3.55. The van der Waals surface area contributed by atoms with E-state index in [9.17, 15) is 9.59 Å². The van der Waals surface area contributed by atoms with Crippen LogP contribution in [0.2, 0.25) is 5.02 Å². The summed E-state index contributed by atoms with van der Waals surface area (Å²) < 4.78 is 5.55. The maximum absolute atomic E-state index is 12.2. The topological polar surface area (TPSA) is 109 Å². The maximum atomic E-state index is 12.2. The van der Waals surface area contributed by atoms with Crippen LogP contribution in [0.3, 0.4) is 0 Å². The van der Waals surface area contributed by atoms with Crippen LogP contribution in [0.5, 0.6) is 0 Å². The second-order valence-electron chi connectivity index (χ2n) is 8.12. The van der Waals surface area contributed by atoms with Gasteiger partial charge in [-0.1, -0.05) is 11.6 Å². The summed E-state index contributed by atoms with van der Waals surface area (Å²) in [7, 11) is 0. The number of hydrogen-bond donors (Lipinski definition) is 3. The number of pyridine rings is 1. The number of anilines is 1. The molecule has 0 unspecified atom stereocenters. The normalized spacial score (nSPS) is 22.1. The molecule has 2 aromatic heterocycles. The Morgan fingerprint density at radius 1 is 1.34 bits per heavy atom. The summed E-state index contributed by atoms with van der Waals surface area (Å²) in [6.07, 6.45) is 5.71. The van der Waals surface area contributed by atoms with Gasteiger partial charge in [0.25, 0.3) is 0 Å². The minimum absolute atomic E-state index is 0.0763. The Morgan fingerprint density at radius 3 is 2.90 bits per heavy atom. The Balaban J connectivity index is 1.26. The van der Waals surface area contributed by atoms with Gasteiger partial charge in [-0.2, -0.15) is 5.10 Å². The molecule has 154 valence electrons. The lowest BCUT2D eigenvalue weighted by Crippen LogP contribution is -2.36. The molecule has 0 aliphatic heterocycles. The molecule has 0 bridgehead atoms. The number of halogens is 1. The van der Waals surface area contributed by atoms with E-state index in [1.807, 2.05) is 13.0 Å². The molecule has 4 rings (SSSR count). The number of amides is 2. The number of aromatic amines is 1. The Hall–Kier alpha value is -2.61. The highest BCUT2D eigenvalue weighted by molar-refractivity contribution is 6.30. The van der Waals surface area contributed by atoms with Crippen molar-refractivity contribution in [3.63, 3.8) is 0 Å². The highest BCUT2D eigenvalue weighted by atomic mass is 35.5. The number of nitrogens with one attached hydrogen (secondary N) is 3. The van der Waals surface area contributed by atoms with Gasteiger partial charge in [-0.3, -0.25) is 14.9 Å². The van der Waals surface area contributed by atoms with E-state index in [1.54, 1.807) is 12.1 Å². The fraction of sp³-hybridized carbons (Fsp3) is 0.500. The second kappa shape index (κ2) is 8.02. The molecule has 0 saturated heterocycles. The first kappa shape index (κ1) is 19.7. The lowest BCUT2D eigenvalue weighted by molar-refractivity contribution is -0.115. The van der Waals surface area contributed by atoms with Crippen LogP contribution in [0.4, 0.5) is 10.6 Å². The summed E-state index contributed by atoms with van der Waals surface area (Å²) in [5.41, 5.74) is 1.50. The molecule has 0 spiro atoms. The molecule has 2 fully saturated rings. The summed E-state index contributed by atoms with van der Waals surface area (Å²) >= 11 is 5.80. The maximum Gasteiger partial charge on any atom is 0.407 e. The van der Waals surface area contributed by atoms with Gasteiger partial charge >= 0.3 is 6.09 Å². The number of ether oxygens (including phenoxy) is 1. The van der Waals surface area contributed by atoms with Gasteiger partial charge in [0.05, 0.1) is 11.4 Å². The standard InChI is InChI=1S/C20H24ClN5O3/c1-20(6-7-20)24-19(28)29-15-5-2-12(8-15)16-10-17(26-25-16)23-18(27)9-14-4-3-13(21)11-22-14/h3-4,10-12,15H,2,5-9H2,1H3,(H,24,28)(H2,23,25,26,27)/t12-,15+/m0/s1. The number of carbonyl (C=O) groups excluding carboxylic acids is 2. The highest BCUT2D eigenvalue weighted by Gasteiger charge is 2.40. The zero-order chi connectivity index (χ0) is 20.4. The van der Waals surface area contributed by atoms with Crippen molar-refractivity contribution < 1.29 is 14.3 Å². The van der Waals surface area contributed by atoms with Crippen molar-refractivity contribution in [2.24, 2.45) is 0 Å².